The second-order valence-electron chi connectivity index (χ2n) is 9.94. The number of benzene rings is 3. The molecule has 0 radical (unpaired) electrons. The first-order chi connectivity index (χ1) is 19.9. The summed E-state index contributed by atoms with van der Waals surface area (Å²) >= 11 is 0. The van der Waals surface area contributed by atoms with Gasteiger partial charge in [-0.05, 0) is 34.0 Å². The Labute approximate surface area is 238 Å². The number of hydrogen-bond donors (Lipinski definition) is 2. The van der Waals surface area contributed by atoms with E-state index in [-0.39, 0.29) is 51.1 Å². The van der Waals surface area contributed by atoms with E-state index < -0.39 is 18.2 Å². The van der Waals surface area contributed by atoms with Crippen LogP contribution in [0.4, 0.5) is 4.79 Å². The number of hydrazine groups is 1. The van der Waals surface area contributed by atoms with Crippen molar-refractivity contribution in [1.82, 2.24) is 25.1 Å². The van der Waals surface area contributed by atoms with E-state index in [1.54, 1.807) is 26.9 Å². The van der Waals surface area contributed by atoms with Crippen molar-refractivity contribution in [2.75, 3.05) is 39.9 Å². The number of carbonyl (C=O) groups excluding carboxylic acids is 3. The van der Waals surface area contributed by atoms with Gasteiger partial charge in [-0.3, -0.25) is 9.59 Å². The Hall–Kier alpha value is -4.66. The Kier molecular flexibility index (Phi) is 8.33. The summed E-state index contributed by atoms with van der Waals surface area (Å²) in [6.07, 6.45) is -0.364. The largest absolute Gasteiger partial charge is 0.491 e. The number of hydrogen-bond acceptors (Lipinski definition) is 7. The minimum atomic E-state index is -0.806. The first-order valence-corrected chi connectivity index (χ1v) is 13.5. The number of nitriles is 1. The molecular formula is C30H32N6O5. The molecule has 0 aromatic heterocycles. The van der Waals surface area contributed by atoms with Crippen LogP contribution >= 0.6 is 0 Å². The molecule has 11 nitrogen and oxygen atoms in total. The Morgan fingerprint density at radius 2 is 1.88 bits per heavy atom. The first-order valence-electron chi connectivity index (χ1n) is 13.5. The van der Waals surface area contributed by atoms with E-state index in [1.807, 2.05) is 60.7 Å². The molecule has 5 rings (SSSR count). The molecule has 2 saturated heterocycles. The van der Waals surface area contributed by atoms with Gasteiger partial charge in [-0.1, -0.05) is 54.6 Å². The number of rotatable bonds is 9. The summed E-state index contributed by atoms with van der Waals surface area (Å²) in [6, 6.07) is 21.9. The molecule has 0 saturated carbocycles. The molecule has 2 aliphatic rings. The summed E-state index contributed by atoms with van der Waals surface area (Å²) in [7, 11) is 1.47. The van der Waals surface area contributed by atoms with Crippen molar-refractivity contribution >= 4 is 28.6 Å². The Morgan fingerprint density at radius 3 is 2.61 bits per heavy atom. The molecule has 2 fully saturated rings. The van der Waals surface area contributed by atoms with Gasteiger partial charge in [-0.15, -0.1) is 0 Å². The molecule has 212 valence electrons. The van der Waals surface area contributed by atoms with Crippen LogP contribution in [0.2, 0.25) is 0 Å². The topological polar surface area (TPSA) is 129 Å². The van der Waals surface area contributed by atoms with Gasteiger partial charge < -0.3 is 25.0 Å². The second kappa shape index (κ2) is 12.2. The van der Waals surface area contributed by atoms with E-state index in [2.05, 4.69) is 5.32 Å². The van der Waals surface area contributed by atoms with Crippen LogP contribution in [0.1, 0.15) is 11.1 Å². The quantitative estimate of drug-likeness (QED) is 0.384. The lowest BCUT2D eigenvalue weighted by Crippen LogP contribution is -2.65. The molecule has 11 heteroatoms. The summed E-state index contributed by atoms with van der Waals surface area (Å²) in [5.74, 6) is 0.124. The number of amides is 4. The van der Waals surface area contributed by atoms with Crippen LogP contribution < -0.4 is 10.1 Å². The van der Waals surface area contributed by atoms with Crippen molar-refractivity contribution in [3.63, 3.8) is 0 Å². The van der Waals surface area contributed by atoms with Crippen molar-refractivity contribution < 1.29 is 24.2 Å². The molecule has 0 unspecified atom stereocenters. The van der Waals surface area contributed by atoms with Gasteiger partial charge >= 0.3 is 6.03 Å². The van der Waals surface area contributed by atoms with Gasteiger partial charge in [0.15, 0.2) is 0 Å². The summed E-state index contributed by atoms with van der Waals surface area (Å²) in [6.45, 7) is 0.215. The van der Waals surface area contributed by atoms with Gasteiger partial charge in [-0.2, -0.15) is 10.3 Å². The average molecular weight is 557 g/mol. The maximum Gasteiger partial charge on any atom is 0.332 e. The zero-order valence-corrected chi connectivity index (χ0v) is 22.8. The van der Waals surface area contributed by atoms with Crippen molar-refractivity contribution in [2.24, 2.45) is 0 Å². The van der Waals surface area contributed by atoms with Crippen LogP contribution in [0, 0.1) is 11.3 Å². The van der Waals surface area contributed by atoms with E-state index in [4.69, 9.17) is 9.84 Å². The van der Waals surface area contributed by atoms with Crippen LogP contribution in [0.5, 0.6) is 5.75 Å². The Morgan fingerprint density at radius 1 is 1.12 bits per heavy atom. The standard InChI is InChI=1S/C30H32N6O5/c1-32-30(40)34(14-13-31)35-20-28(38)36-26(17-21-9-11-24(12-10-21)41-16-15-37)29(39)33(19-27(35)36)18-23-7-4-6-22-5-2-3-8-25(22)23/h2-12,26-27,37H,14-20H2,1H3,(H,32,40)/t26-,27+/m0/s1. The third-order valence-corrected chi connectivity index (χ3v) is 7.50. The van der Waals surface area contributed by atoms with Crippen molar-refractivity contribution in [3.8, 4) is 11.8 Å². The fourth-order valence-electron chi connectivity index (χ4n) is 5.61. The number of aliphatic hydroxyl groups excluding tert-OH is 1. The molecule has 0 aliphatic carbocycles. The molecule has 3 aromatic rings. The first kappa shape index (κ1) is 27.9. The van der Waals surface area contributed by atoms with Crippen molar-refractivity contribution in [2.45, 2.75) is 25.2 Å². The summed E-state index contributed by atoms with van der Waals surface area (Å²) < 4.78 is 5.46. The van der Waals surface area contributed by atoms with Gasteiger partial charge in [0.2, 0.25) is 11.8 Å². The maximum atomic E-state index is 14.1. The van der Waals surface area contributed by atoms with E-state index in [1.165, 1.54) is 12.1 Å². The molecule has 3 aromatic carbocycles. The highest BCUT2D eigenvalue weighted by Crippen LogP contribution is 2.31. The lowest BCUT2D eigenvalue weighted by atomic mass is 9.99. The number of aliphatic hydroxyl groups is 1. The third kappa shape index (κ3) is 5.66. The molecule has 2 heterocycles. The van der Waals surface area contributed by atoms with Gasteiger partial charge in [0.1, 0.15) is 31.1 Å². The molecule has 0 spiro atoms. The molecule has 2 N–H and O–H groups in total. The Balaban J connectivity index is 1.49. The highest BCUT2D eigenvalue weighted by Gasteiger charge is 2.52. The summed E-state index contributed by atoms with van der Waals surface area (Å²) in [4.78, 5) is 43.5. The van der Waals surface area contributed by atoms with Gasteiger partial charge in [0.25, 0.3) is 0 Å². The third-order valence-electron chi connectivity index (χ3n) is 7.50. The minimum absolute atomic E-state index is 0.0985. The SMILES string of the molecule is CNC(=O)N(CC#N)N1CC(=O)N2[C@@H](Cc3ccc(OCCO)cc3)C(=O)N(Cc3cccc4ccccc34)C[C@@H]21. The lowest BCUT2D eigenvalue weighted by Gasteiger charge is -2.46. The van der Waals surface area contributed by atoms with Crippen LogP contribution in [0.25, 0.3) is 10.8 Å². The van der Waals surface area contributed by atoms with Crippen molar-refractivity contribution in [3.05, 3.63) is 77.9 Å². The highest BCUT2D eigenvalue weighted by molar-refractivity contribution is 5.92. The van der Waals surface area contributed by atoms with Crippen LogP contribution in [0.15, 0.2) is 66.7 Å². The van der Waals surface area contributed by atoms with Crippen LogP contribution in [-0.4, -0.2) is 94.9 Å². The fourth-order valence-corrected chi connectivity index (χ4v) is 5.61. The maximum absolute atomic E-state index is 14.1. The van der Waals surface area contributed by atoms with E-state index in [0.717, 1.165) is 21.9 Å². The van der Waals surface area contributed by atoms with E-state index in [0.29, 0.717) is 12.3 Å². The van der Waals surface area contributed by atoms with E-state index >= 15 is 0 Å². The molecular weight excluding hydrogens is 524 g/mol. The average Bonchev–Trinajstić information content (AvgIpc) is 3.32. The number of carbonyl (C=O) groups is 3. The molecule has 2 aliphatic heterocycles. The molecule has 2 atom stereocenters. The lowest BCUT2D eigenvalue weighted by molar-refractivity contribution is -0.157. The molecule has 41 heavy (non-hydrogen) atoms. The molecule has 0 bridgehead atoms. The minimum Gasteiger partial charge on any atom is -0.491 e. The van der Waals surface area contributed by atoms with E-state index in [9.17, 15) is 19.6 Å². The van der Waals surface area contributed by atoms with Crippen molar-refractivity contribution in [1.29, 1.82) is 5.26 Å². The Bertz CT molecular complexity index is 1470. The predicted molar refractivity (Wildman–Crippen MR) is 150 cm³/mol. The monoisotopic (exact) mass is 556 g/mol. The fraction of sp³-hybridized carbons (Fsp3) is 0.333. The van der Waals surface area contributed by atoms with Gasteiger partial charge in [-0.25, -0.2) is 9.80 Å². The normalized spacial score (nSPS) is 18.8. The predicted octanol–water partition coefficient (Wildman–Crippen LogP) is 1.71. The van der Waals surface area contributed by atoms with Gasteiger partial charge in [0.05, 0.1) is 25.8 Å². The number of piperazine rings is 1. The summed E-state index contributed by atoms with van der Waals surface area (Å²) in [5.41, 5.74) is 1.81. The number of fused-ring (bicyclic) bond motifs is 2. The smallest absolute Gasteiger partial charge is 0.332 e. The van der Waals surface area contributed by atoms with Crippen LogP contribution in [-0.2, 0) is 22.6 Å². The zero-order chi connectivity index (χ0) is 28.9. The zero-order valence-electron chi connectivity index (χ0n) is 22.8. The number of nitrogens with one attached hydrogen (secondary N) is 1. The number of ether oxygens (including phenoxy) is 1. The molecule has 4 amide bonds. The number of nitrogens with zero attached hydrogens (tertiary/aromatic N) is 5. The van der Waals surface area contributed by atoms with Crippen LogP contribution in [0.3, 0.4) is 0 Å². The highest BCUT2D eigenvalue weighted by atomic mass is 16.5. The van der Waals surface area contributed by atoms with Gasteiger partial charge in [0, 0.05) is 20.0 Å². The summed E-state index contributed by atoms with van der Waals surface area (Å²) in [5, 5.41) is 25.9. The second-order valence-corrected chi connectivity index (χ2v) is 9.94. The number of urea groups is 1.